The van der Waals surface area contributed by atoms with Crippen molar-refractivity contribution in [3.05, 3.63) is 23.8 Å². The molecule has 7 heteroatoms. The zero-order chi connectivity index (χ0) is 13.3. The van der Waals surface area contributed by atoms with Crippen LogP contribution in [0, 0.1) is 0 Å². The summed E-state index contributed by atoms with van der Waals surface area (Å²) in [5, 5.41) is 0. The Kier molecular flexibility index (Phi) is 3.49. The van der Waals surface area contributed by atoms with E-state index in [-0.39, 0.29) is 17.9 Å². The van der Waals surface area contributed by atoms with Gasteiger partial charge in [-0.15, -0.1) is 0 Å². The molecule has 0 saturated carbocycles. The van der Waals surface area contributed by atoms with Crippen LogP contribution in [0.2, 0.25) is 0 Å². The van der Waals surface area contributed by atoms with Crippen LogP contribution < -0.4 is 4.74 Å². The molecule has 0 amide bonds. The normalized spacial score (nSPS) is 18.0. The van der Waals surface area contributed by atoms with E-state index in [4.69, 9.17) is 20.2 Å². The van der Waals surface area contributed by atoms with Crippen molar-refractivity contribution in [2.45, 2.75) is 24.3 Å². The Bertz CT molecular complexity index is 581. The Hall–Kier alpha value is -1.27. The van der Waals surface area contributed by atoms with Crippen molar-refractivity contribution in [3.8, 4) is 5.75 Å². The van der Waals surface area contributed by atoms with Gasteiger partial charge >= 0.3 is 5.97 Å². The predicted molar refractivity (Wildman–Crippen MR) is 64.2 cm³/mol. The first-order valence-corrected chi connectivity index (χ1v) is 7.63. The van der Waals surface area contributed by atoms with Gasteiger partial charge in [0.2, 0.25) is 0 Å². The number of carbonyl (C=O) groups excluding carboxylic acids is 1. The van der Waals surface area contributed by atoms with Crippen LogP contribution in [0.3, 0.4) is 0 Å². The van der Waals surface area contributed by atoms with Gasteiger partial charge in [0.15, 0.2) is 6.10 Å². The van der Waals surface area contributed by atoms with Crippen molar-refractivity contribution in [3.63, 3.8) is 0 Å². The molecule has 98 valence electrons. The highest BCUT2D eigenvalue weighted by Crippen LogP contribution is 2.32. The molecule has 5 nitrogen and oxygen atoms in total. The quantitative estimate of drug-likeness (QED) is 0.623. The van der Waals surface area contributed by atoms with Gasteiger partial charge in [0.05, 0.1) is 11.5 Å². The molecular weight excluding hydrogens is 280 g/mol. The van der Waals surface area contributed by atoms with Gasteiger partial charge in [-0.1, -0.05) is 0 Å². The third-order valence-corrected chi connectivity index (χ3v) is 3.89. The molecule has 18 heavy (non-hydrogen) atoms. The van der Waals surface area contributed by atoms with Gasteiger partial charge in [-0.3, -0.25) is 0 Å². The molecule has 0 aromatic heterocycles. The Balaban J connectivity index is 2.23. The Morgan fingerprint density at radius 3 is 2.89 bits per heavy atom. The van der Waals surface area contributed by atoms with Crippen molar-refractivity contribution in [2.75, 3.05) is 6.61 Å². The summed E-state index contributed by atoms with van der Waals surface area (Å²) in [4.78, 5) is 11.5. The Labute approximate surface area is 109 Å². The molecule has 0 spiro atoms. The van der Waals surface area contributed by atoms with Gasteiger partial charge in [-0.25, -0.2) is 13.2 Å². The minimum absolute atomic E-state index is 0.00368. The fourth-order valence-electron chi connectivity index (χ4n) is 1.74. The second kappa shape index (κ2) is 4.78. The van der Waals surface area contributed by atoms with E-state index in [0.29, 0.717) is 11.3 Å². The third-order valence-electron chi connectivity index (χ3n) is 2.54. The Morgan fingerprint density at radius 2 is 2.28 bits per heavy atom. The second-order valence-corrected chi connectivity index (χ2v) is 6.34. The van der Waals surface area contributed by atoms with Crippen LogP contribution in [0.5, 0.6) is 5.75 Å². The largest absolute Gasteiger partial charge is 0.478 e. The molecule has 1 aliphatic rings. The highest BCUT2D eigenvalue weighted by atomic mass is 35.7. The number of esters is 1. The van der Waals surface area contributed by atoms with Crippen LogP contribution in [-0.4, -0.2) is 27.1 Å². The van der Waals surface area contributed by atoms with Crippen LogP contribution in [-0.2, 0) is 25.0 Å². The molecule has 1 aromatic carbocycles. The van der Waals surface area contributed by atoms with E-state index in [1.165, 1.54) is 18.2 Å². The first-order valence-electron chi connectivity index (χ1n) is 5.32. The van der Waals surface area contributed by atoms with Crippen LogP contribution in [0.25, 0.3) is 0 Å². The highest BCUT2D eigenvalue weighted by Gasteiger charge is 2.31. The molecule has 1 unspecified atom stereocenters. The molecule has 0 saturated heterocycles. The average Bonchev–Trinajstić information content (AvgIpc) is 2.70. The van der Waals surface area contributed by atoms with Crippen molar-refractivity contribution < 1.29 is 22.7 Å². The number of carbonyl (C=O) groups is 1. The summed E-state index contributed by atoms with van der Waals surface area (Å²) in [6.07, 6.45) is -0.428. The van der Waals surface area contributed by atoms with E-state index >= 15 is 0 Å². The number of ether oxygens (including phenoxy) is 2. The van der Waals surface area contributed by atoms with Gasteiger partial charge in [0.25, 0.3) is 9.05 Å². The predicted octanol–water partition coefficient (Wildman–Crippen LogP) is 1.48. The van der Waals surface area contributed by atoms with Gasteiger partial charge in [0, 0.05) is 17.1 Å². The van der Waals surface area contributed by atoms with Gasteiger partial charge < -0.3 is 9.47 Å². The molecule has 0 radical (unpaired) electrons. The zero-order valence-electron chi connectivity index (χ0n) is 9.55. The molecular formula is C11H11ClO5S. The van der Waals surface area contributed by atoms with Crippen LogP contribution in [0.4, 0.5) is 0 Å². The molecule has 0 N–H and O–H groups in total. The maximum absolute atomic E-state index is 11.5. The molecule has 0 aliphatic carbocycles. The lowest BCUT2D eigenvalue weighted by atomic mass is 10.1. The highest BCUT2D eigenvalue weighted by molar-refractivity contribution is 8.13. The fourth-order valence-corrected chi connectivity index (χ4v) is 2.54. The summed E-state index contributed by atoms with van der Waals surface area (Å²) in [7, 11) is 1.48. The SMILES string of the molecule is CCOC(=O)C1Cc2cc(S(=O)(=O)Cl)ccc2O1. The van der Waals surface area contributed by atoms with E-state index in [0.717, 1.165) is 0 Å². The number of hydrogen-bond acceptors (Lipinski definition) is 5. The summed E-state index contributed by atoms with van der Waals surface area (Å²) in [6.45, 7) is 1.98. The summed E-state index contributed by atoms with van der Waals surface area (Å²) >= 11 is 0. The first-order chi connectivity index (χ1) is 8.41. The van der Waals surface area contributed by atoms with Crippen LogP contribution in [0.1, 0.15) is 12.5 Å². The maximum atomic E-state index is 11.5. The first kappa shape index (κ1) is 13.2. The molecule has 0 bridgehead atoms. The summed E-state index contributed by atoms with van der Waals surface area (Å²) in [5.74, 6) is 0.0288. The molecule has 0 fully saturated rings. The summed E-state index contributed by atoms with van der Waals surface area (Å²) in [5.41, 5.74) is 0.634. The molecule has 1 aromatic rings. The van der Waals surface area contributed by atoms with Crippen molar-refractivity contribution in [2.24, 2.45) is 0 Å². The van der Waals surface area contributed by atoms with E-state index < -0.39 is 21.1 Å². The number of benzene rings is 1. The second-order valence-electron chi connectivity index (χ2n) is 3.77. The zero-order valence-corrected chi connectivity index (χ0v) is 11.1. The molecule has 1 aliphatic heterocycles. The maximum Gasteiger partial charge on any atom is 0.347 e. The Morgan fingerprint density at radius 1 is 1.56 bits per heavy atom. The van der Waals surface area contributed by atoms with Gasteiger partial charge in [-0.05, 0) is 30.7 Å². The van der Waals surface area contributed by atoms with Gasteiger partial charge in [-0.2, -0.15) is 0 Å². The van der Waals surface area contributed by atoms with Gasteiger partial charge in [0.1, 0.15) is 5.75 Å². The number of halogens is 1. The number of rotatable bonds is 3. The van der Waals surface area contributed by atoms with E-state index in [9.17, 15) is 13.2 Å². The third kappa shape index (κ3) is 2.59. The minimum Gasteiger partial charge on any atom is -0.478 e. The lowest BCUT2D eigenvalue weighted by Crippen LogP contribution is -2.27. The lowest BCUT2D eigenvalue weighted by molar-refractivity contribution is -0.150. The standard InChI is InChI=1S/C11H11ClO5S/c1-2-16-11(13)10-6-7-5-8(18(12,14)15)3-4-9(7)17-10/h3-5,10H,2,6H2,1H3. The monoisotopic (exact) mass is 290 g/mol. The number of hydrogen-bond donors (Lipinski definition) is 0. The van der Waals surface area contributed by atoms with Crippen molar-refractivity contribution in [1.82, 2.24) is 0 Å². The van der Waals surface area contributed by atoms with E-state index in [1.807, 2.05) is 0 Å². The van der Waals surface area contributed by atoms with Crippen LogP contribution >= 0.6 is 10.7 Å². The summed E-state index contributed by atoms with van der Waals surface area (Å²) in [6, 6.07) is 4.25. The molecule has 1 heterocycles. The van der Waals surface area contributed by atoms with E-state index in [2.05, 4.69) is 0 Å². The van der Waals surface area contributed by atoms with Crippen LogP contribution in [0.15, 0.2) is 23.1 Å². The number of fused-ring (bicyclic) bond motifs is 1. The smallest absolute Gasteiger partial charge is 0.347 e. The van der Waals surface area contributed by atoms with Crippen molar-refractivity contribution >= 4 is 25.7 Å². The van der Waals surface area contributed by atoms with E-state index in [1.54, 1.807) is 6.92 Å². The van der Waals surface area contributed by atoms with Crippen molar-refractivity contribution in [1.29, 1.82) is 0 Å². The fraction of sp³-hybridized carbons (Fsp3) is 0.364. The minimum atomic E-state index is -3.77. The average molecular weight is 291 g/mol. The molecule has 2 rings (SSSR count). The molecule has 1 atom stereocenters. The summed E-state index contributed by atoms with van der Waals surface area (Å²) < 4.78 is 32.6. The topological polar surface area (TPSA) is 69.7 Å². The lowest BCUT2D eigenvalue weighted by Gasteiger charge is -2.08.